The van der Waals surface area contributed by atoms with Crippen molar-refractivity contribution in [3.05, 3.63) is 33.3 Å². The van der Waals surface area contributed by atoms with Crippen molar-refractivity contribution in [1.29, 1.82) is 10.5 Å². The van der Waals surface area contributed by atoms with Gasteiger partial charge in [0.25, 0.3) is 0 Å². The van der Waals surface area contributed by atoms with Crippen molar-refractivity contribution in [2.24, 2.45) is 11.3 Å². The van der Waals surface area contributed by atoms with Gasteiger partial charge in [-0.3, -0.25) is 0 Å². The Morgan fingerprint density at radius 2 is 1.77 bits per heavy atom. The van der Waals surface area contributed by atoms with Crippen LogP contribution in [0.15, 0.2) is 33.3 Å². The molecule has 7 heteroatoms. The van der Waals surface area contributed by atoms with Crippen LogP contribution in [0.25, 0.3) is 0 Å². The molecular weight excluding hydrogens is 352 g/mol. The lowest BCUT2D eigenvalue weighted by atomic mass is 9.65. The number of carbonyl (C=O) groups excluding carboxylic acids is 2. The Labute approximate surface area is 158 Å². The van der Waals surface area contributed by atoms with Gasteiger partial charge in [-0.05, 0) is 30.6 Å². The Bertz CT molecular complexity index is 791. The fraction of sp³-hybridized carbons (Fsp3) is 0.474. The maximum atomic E-state index is 12.1. The van der Waals surface area contributed by atoms with Crippen molar-refractivity contribution in [1.82, 2.24) is 0 Å². The molecule has 1 unspecified atom stereocenters. The number of thioether (sulfide) groups is 1. The van der Waals surface area contributed by atoms with E-state index in [-0.39, 0.29) is 11.1 Å². The van der Waals surface area contributed by atoms with Crippen LogP contribution in [0.5, 0.6) is 0 Å². The maximum absolute atomic E-state index is 12.1. The van der Waals surface area contributed by atoms with Gasteiger partial charge in [-0.25, -0.2) is 9.59 Å². The van der Waals surface area contributed by atoms with E-state index >= 15 is 0 Å². The molecule has 0 bridgehead atoms. The van der Waals surface area contributed by atoms with Crippen LogP contribution in [0.2, 0.25) is 0 Å². The van der Waals surface area contributed by atoms with E-state index in [1.54, 1.807) is 12.3 Å². The van der Waals surface area contributed by atoms with E-state index in [0.29, 0.717) is 16.9 Å². The van der Waals surface area contributed by atoms with Gasteiger partial charge < -0.3 is 9.47 Å². The summed E-state index contributed by atoms with van der Waals surface area (Å²) >= 11 is 1.24. The average Bonchev–Trinajstić information content (AvgIpc) is 2.59. The molecule has 0 aliphatic heterocycles. The number of carbonyl (C=O) groups is 2. The molecule has 0 amide bonds. The van der Waals surface area contributed by atoms with Crippen LogP contribution >= 0.6 is 11.8 Å². The largest absolute Gasteiger partial charge is 0.465 e. The van der Waals surface area contributed by atoms with Gasteiger partial charge in [0, 0.05) is 10.8 Å². The number of hydrogen-bond donors (Lipinski definition) is 0. The normalized spacial score (nSPS) is 21.4. The van der Waals surface area contributed by atoms with Gasteiger partial charge >= 0.3 is 11.9 Å². The quantitative estimate of drug-likeness (QED) is 0.423. The van der Waals surface area contributed by atoms with Crippen molar-refractivity contribution in [3.63, 3.8) is 0 Å². The average molecular weight is 374 g/mol. The number of hydrogen-bond acceptors (Lipinski definition) is 7. The molecule has 0 aromatic heterocycles. The highest BCUT2D eigenvalue weighted by Crippen LogP contribution is 2.51. The molecule has 6 nitrogen and oxygen atoms in total. The lowest BCUT2D eigenvalue weighted by Crippen LogP contribution is -2.32. The van der Waals surface area contributed by atoms with Crippen molar-refractivity contribution < 1.29 is 19.1 Å². The zero-order chi connectivity index (χ0) is 20.1. The van der Waals surface area contributed by atoms with E-state index in [9.17, 15) is 20.1 Å². The van der Waals surface area contributed by atoms with Crippen LogP contribution < -0.4 is 0 Å². The van der Waals surface area contributed by atoms with Crippen LogP contribution in [-0.4, -0.2) is 32.4 Å². The molecular formula is C19H22N2O4S. The highest BCUT2D eigenvalue weighted by atomic mass is 32.2. The zero-order valence-corrected chi connectivity index (χ0v) is 16.6. The summed E-state index contributed by atoms with van der Waals surface area (Å²) in [6.45, 7) is 5.87. The van der Waals surface area contributed by atoms with Crippen molar-refractivity contribution >= 4 is 23.7 Å². The molecule has 1 aliphatic carbocycles. The van der Waals surface area contributed by atoms with Crippen LogP contribution in [0, 0.1) is 34.0 Å². The van der Waals surface area contributed by atoms with Crippen molar-refractivity contribution in [2.45, 2.75) is 27.2 Å². The molecule has 26 heavy (non-hydrogen) atoms. The minimum absolute atomic E-state index is 0.120. The summed E-state index contributed by atoms with van der Waals surface area (Å²) in [5.41, 5.74) is 0.770. The zero-order valence-electron chi connectivity index (χ0n) is 15.8. The molecule has 0 radical (unpaired) electrons. The Kier molecular flexibility index (Phi) is 7.23. The van der Waals surface area contributed by atoms with Gasteiger partial charge in [-0.1, -0.05) is 25.5 Å². The summed E-state index contributed by atoms with van der Waals surface area (Å²) in [6.07, 6.45) is 4.21. The number of esters is 2. The standard InChI is InChI=1S/C19H22N2O4S/c1-11-7-12(13(9-20)17(22)24-4)15(19(2,3)8-11)16(26-6)14(10-21)18(23)25-5/h7,15H,8H2,1-6H3. The SMILES string of the molecule is COC(=O)C(C#N)=C1C=C(C)CC(C)(C)C1C(SC)=C(C#N)C(=O)OC. The number of ether oxygens (including phenoxy) is 2. The Morgan fingerprint density at radius 1 is 1.19 bits per heavy atom. The molecule has 0 saturated heterocycles. The molecule has 1 aliphatic rings. The summed E-state index contributed by atoms with van der Waals surface area (Å²) in [5, 5.41) is 19.1. The molecule has 0 fully saturated rings. The van der Waals surface area contributed by atoms with E-state index in [1.165, 1.54) is 26.0 Å². The smallest absolute Gasteiger partial charge is 0.349 e. The van der Waals surface area contributed by atoms with Crippen LogP contribution in [0.4, 0.5) is 0 Å². The van der Waals surface area contributed by atoms with Crippen molar-refractivity contribution in [2.75, 3.05) is 20.5 Å². The molecule has 1 atom stereocenters. The van der Waals surface area contributed by atoms with Gasteiger partial charge in [0.2, 0.25) is 0 Å². The minimum Gasteiger partial charge on any atom is -0.465 e. The Hall–Kier alpha value is -2.51. The lowest BCUT2D eigenvalue weighted by Gasteiger charge is -2.41. The summed E-state index contributed by atoms with van der Waals surface area (Å²) in [7, 11) is 2.42. The number of rotatable bonds is 4. The maximum Gasteiger partial charge on any atom is 0.349 e. The van der Waals surface area contributed by atoms with Gasteiger partial charge in [0.05, 0.1) is 14.2 Å². The second-order valence-electron chi connectivity index (χ2n) is 6.57. The number of nitriles is 2. The second-order valence-corrected chi connectivity index (χ2v) is 7.42. The van der Waals surface area contributed by atoms with Gasteiger partial charge in [0.15, 0.2) is 0 Å². The predicted octanol–water partition coefficient (Wildman–Crippen LogP) is 3.29. The highest BCUT2D eigenvalue weighted by Gasteiger charge is 2.42. The molecule has 138 valence electrons. The Morgan fingerprint density at radius 3 is 2.19 bits per heavy atom. The molecule has 0 aromatic carbocycles. The van der Waals surface area contributed by atoms with Gasteiger partial charge in [-0.2, -0.15) is 10.5 Å². The minimum atomic E-state index is -0.744. The first-order valence-electron chi connectivity index (χ1n) is 7.84. The summed E-state index contributed by atoms with van der Waals surface area (Å²) in [5.74, 6) is -1.98. The van der Waals surface area contributed by atoms with Crippen LogP contribution in [-0.2, 0) is 19.1 Å². The van der Waals surface area contributed by atoms with E-state index < -0.39 is 23.3 Å². The number of methoxy groups -OCH3 is 2. The first-order chi connectivity index (χ1) is 12.2. The molecule has 0 heterocycles. The van der Waals surface area contributed by atoms with Gasteiger partial charge in [0.1, 0.15) is 23.3 Å². The van der Waals surface area contributed by atoms with Crippen LogP contribution in [0.1, 0.15) is 27.2 Å². The molecule has 0 aromatic rings. The predicted molar refractivity (Wildman–Crippen MR) is 98.5 cm³/mol. The summed E-state index contributed by atoms with van der Waals surface area (Å²) in [6, 6.07) is 3.83. The van der Waals surface area contributed by atoms with Crippen LogP contribution in [0.3, 0.4) is 0 Å². The molecule has 0 N–H and O–H groups in total. The van der Waals surface area contributed by atoms with E-state index in [2.05, 4.69) is 0 Å². The molecule has 0 saturated carbocycles. The van der Waals surface area contributed by atoms with E-state index in [4.69, 9.17) is 9.47 Å². The first-order valence-corrected chi connectivity index (χ1v) is 9.07. The number of allylic oxidation sites excluding steroid dienone is 4. The third kappa shape index (κ3) is 4.17. The lowest BCUT2D eigenvalue weighted by molar-refractivity contribution is -0.136. The number of nitrogens with zero attached hydrogens (tertiary/aromatic N) is 2. The molecule has 0 spiro atoms. The third-order valence-electron chi connectivity index (χ3n) is 4.25. The van der Waals surface area contributed by atoms with E-state index in [1.807, 2.05) is 32.9 Å². The Balaban J connectivity index is 3.92. The second kappa shape index (κ2) is 8.73. The summed E-state index contributed by atoms with van der Waals surface area (Å²) in [4.78, 5) is 24.7. The van der Waals surface area contributed by atoms with Gasteiger partial charge in [-0.15, -0.1) is 11.8 Å². The van der Waals surface area contributed by atoms with Crippen molar-refractivity contribution in [3.8, 4) is 12.1 Å². The summed E-state index contributed by atoms with van der Waals surface area (Å²) < 4.78 is 9.49. The monoisotopic (exact) mass is 374 g/mol. The molecule has 1 rings (SSSR count). The fourth-order valence-corrected chi connectivity index (χ4v) is 4.37. The van der Waals surface area contributed by atoms with E-state index in [0.717, 1.165) is 5.57 Å². The first kappa shape index (κ1) is 21.5. The topological polar surface area (TPSA) is 100 Å². The third-order valence-corrected chi connectivity index (χ3v) is 5.13. The fourth-order valence-electron chi connectivity index (χ4n) is 3.35. The highest BCUT2D eigenvalue weighted by molar-refractivity contribution is 8.02.